The first-order valence-electron chi connectivity index (χ1n) is 6.12. The minimum absolute atomic E-state index is 0.326. The molecule has 0 bridgehead atoms. The highest BCUT2D eigenvalue weighted by Crippen LogP contribution is 2.21. The third-order valence-corrected chi connectivity index (χ3v) is 3.57. The van der Waals surface area contributed by atoms with Crippen molar-refractivity contribution in [3.63, 3.8) is 0 Å². The molecule has 0 aromatic carbocycles. The Labute approximate surface area is 112 Å². The Bertz CT molecular complexity index is 407. The highest BCUT2D eigenvalue weighted by molar-refractivity contribution is 6.30. The van der Waals surface area contributed by atoms with Gasteiger partial charge in [-0.1, -0.05) is 11.6 Å². The van der Waals surface area contributed by atoms with Crippen molar-refractivity contribution in [2.45, 2.75) is 13.0 Å². The van der Waals surface area contributed by atoms with E-state index >= 15 is 0 Å². The second-order valence-electron chi connectivity index (χ2n) is 4.57. The van der Waals surface area contributed by atoms with Gasteiger partial charge in [0.1, 0.15) is 0 Å². The summed E-state index contributed by atoms with van der Waals surface area (Å²) in [7, 11) is 0. The van der Waals surface area contributed by atoms with Crippen molar-refractivity contribution >= 4 is 17.4 Å². The van der Waals surface area contributed by atoms with Crippen LogP contribution in [0, 0.1) is 5.82 Å². The van der Waals surface area contributed by atoms with Gasteiger partial charge in [-0.25, -0.2) is 9.37 Å². The summed E-state index contributed by atoms with van der Waals surface area (Å²) in [5.41, 5.74) is 5.65. The van der Waals surface area contributed by atoms with Crippen LogP contribution in [0.4, 0.5) is 10.2 Å². The monoisotopic (exact) mass is 272 g/mol. The maximum absolute atomic E-state index is 13.7. The summed E-state index contributed by atoms with van der Waals surface area (Å²) in [4.78, 5) is 8.33. The van der Waals surface area contributed by atoms with E-state index in [9.17, 15) is 4.39 Å². The molecule has 2 heterocycles. The molecule has 4 nitrogen and oxygen atoms in total. The van der Waals surface area contributed by atoms with Gasteiger partial charge in [0.05, 0.1) is 5.02 Å². The maximum atomic E-state index is 13.7. The predicted octanol–water partition coefficient (Wildman–Crippen LogP) is 1.34. The van der Waals surface area contributed by atoms with Crippen LogP contribution in [-0.4, -0.2) is 48.6 Å². The SMILES string of the molecule is CC(CN)N1CCN(c2ncc(Cl)cc2F)CC1. The molecule has 6 heteroatoms. The molecule has 1 aliphatic rings. The highest BCUT2D eigenvalue weighted by atomic mass is 35.5. The molecule has 18 heavy (non-hydrogen) atoms. The van der Waals surface area contributed by atoms with Crippen LogP contribution in [0.5, 0.6) is 0 Å². The summed E-state index contributed by atoms with van der Waals surface area (Å²) < 4.78 is 13.7. The molecule has 0 radical (unpaired) electrons. The van der Waals surface area contributed by atoms with Gasteiger partial charge in [0, 0.05) is 45.0 Å². The number of nitrogens with zero attached hydrogens (tertiary/aromatic N) is 3. The van der Waals surface area contributed by atoms with Crippen molar-refractivity contribution in [1.82, 2.24) is 9.88 Å². The Balaban J connectivity index is 2.01. The second-order valence-corrected chi connectivity index (χ2v) is 5.00. The Morgan fingerprint density at radius 1 is 1.44 bits per heavy atom. The molecule has 1 atom stereocenters. The van der Waals surface area contributed by atoms with Crippen LogP contribution in [0.3, 0.4) is 0 Å². The fraction of sp³-hybridized carbons (Fsp3) is 0.583. The van der Waals surface area contributed by atoms with Crippen LogP contribution in [-0.2, 0) is 0 Å². The minimum atomic E-state index is -0.358. The van der Waals surface area contributed by atoms with Crippen molar-refractivity contribution in [3.05, 3.63) is 23.1 Å². The molecule has 1 aliphatic heterocycles. The van der Waals surface area contributed by atoms with Gasteiger partial charge in [-0.2, -0.15) is 0 Å². The fourth-order valence-electron chi connectivity index (χ4n) is 2.16. The summed E-state index contributed by atoms with van der Waals surface area (Å²) in [6, 6.07) is 1.67. The molecule has 1 saturated heterocycles. The lowest BCUT2D eigenvalue weighted by Crippen LogP contribution is -2.51. The van der Waals surface area contributed by atoms with Crippen molar-refractivity contribution in [2.75, 3.05) is 37.6 Å². The molecule has 1 aromatic rings. The molecule has 0 spiro atoms. The molecule has 2 rings (SSSR count). The summed E-state index contributed by atoms with van der Waals surface area (Å²) in [6.07, 6.45) is 1.48. The summed E-state index contributed by atoms with van der Waals surface area (Å²) in [5.74, 6) is 0.0299. The van der Waals surface area contributed by atoms with Gasteiger partial charge in [0.2, 0.25) is 0 Å². The first kappa shape index (κ1) is 13.5. The summed E-state index contributed by atoms with van der Waals surface area (Å²) >= 11 is 5.70. The Morgan fingerprint density at radius 2 is 2.11 bits per heavy atom. The van der Waals surface area contributed by atoms with Crippen LogP contribution in [0.25, 0.3) is 0 Å². The third kappa shape index (κ3) is 2.91. The van der Waals surface area contributed by atoms with Gasteiger partial charge in [-0.3, -0.25) is 4.90 Å². The van der Waals surface area contributed by atoms with E-state index in [1.807, 2.05) is 4.90 Å². The number of halogens is 2. The van der Waals surface area contributed by atoms with E-state index < -0.39 is 0 Å². The van der Waals surface area contributed by atoms with Gasteiger partial charge in [0.15, 0.2) is 11.6 Å². The van der Waals surface area contributed by atoms with Crippen molar-refractivity contribution in [1.29, 1.82) is 0 Å². The summed E-state index contributed by atoms with van der Waals surface area (Å²) in [5, 5.41) is 0.326. The van der Waals surface area contributed by atoms with Crippen LogP contribution in [0.1, 0.15) is 6.92 Å². The number of hydrogen-bond donors (Lipinski definition) is 1. The van der Waals surface area contributed by atoms with Crippen LogP contribution < -0.4 is 10.6 Å². The molecular weight excluding hydrogens is 255 g/mol. The van der Waals surface area contributed by atoms with Crippen molar-refractivity contribution < 1.29 is 4.39 Å². The number of pyridine rings is 1. The lowest BCUT2D eigenvalue weighted by molar-refractivity contribution is 0.200. The van der Waals surface area contributed by atoms with E-state index in [1.54, 1.807) is 0 Å². The lowest BCUT2D eigenvalue weighted by Gasteiger charge is -2.38. The number of piperazine rings is 1. The first-order chi connectivity index (χ1) is 8.61. The maximum Gasteiger partial charge on any atom is 0.167 e. The average molecular weight is 273 g/mol. The fourth-order valence-corrected chi connectivity index (χ4v) is 2.31. The van der Waals surface area contributed by atoms with Gasteiger partial charge >= 0.3 is 0 Å². The molecule has 0 amide bonds. The molecule has 1 fully saturated rings. The smallest absolute Gasteiger partial charge is 0.167 e. The second kappa shape index (κ2) is 5.82. The van der Waals surface area contributed by atoms with Crippen LogP contribution >= 0.6 is 11.6 Å². The largest absolute Gasteiger partial charge is 0.352 e. The van der Waals surface area contributed by atoms with Gasteiger partial charge in [0.25, 0.3) is 0 Å². The summed E-state index contributed by atoms with van der Waals surface area (Å²) in [6.45, 7) is 6.03. The van der Waals surface area contributed by atoms with E-state index in [1.165, 1.54) is 12.3 Å². The molecular formula is C12H18ClFN4. The van der Waals surface area contributed by atoms with Gasteiger partial charge < -0.3 is 10.6 Å². The lowest BCUT2D eigenvalue weighted by atomic mass is 10.2. The topological polar surface area (TPSA) is 45.4 Å². The van der Waals surface area contributed by atoms with Gasteiger partial charge in [-0.05, 0) is 13.0 Å². The van der Waals surface area contributed by atoms with Crippen molar-refractivity contribution in [2.24, 2.45) is 5.73 Å². The zero-order valence-electron chi connectivity index (χ0n) is 10.4. The van der Waals surface area contributed by atoms with Crippen molar-refractivity contribution in [3.8, 4) is 0 Å². The molecule has 0 aliphatic carbocycles. The zero-order valence-corrected chi connectivity index (χ0v) is 11.2. The molecule has 1 unspecified atom stereocenters. The van der Waals surface area contributed by atoms with E-state index in [4.69, 9.17) is 17.3 Å². The average Bonchev–Trinajstić information content (AvgIpc) is 2.38. The minimum Gasteiger partial charge on any atom is -0.352 e. The number of hydrogen-bond acceptors (Lipinski definition) is 4. The first-order valence-corrected chi connectivity index (χ1v) is 6.49. The third-order valence-electron chi connectivity index (χ3n) is 3.37. The van der Waals surface area contributed by atoms with Crippen LogP contribution in [0.2, 0.25) is 5.02 Å². The number of rotatable bonds is 3. The predicted molar refractivity (Wildman–Crippen MR) is 71.5 cm³/mol. The van der Waals surface area contributed by atoms with E-state index in [0.717, 1.165) is 26.2 Å². The molecule has 1 aromatic heterocycles. The normalized spacial score (nSPS) is 19.0. The van der Waals surface area contributed by atoms with E-state index in [0.29, 0.717) is 23.4 Å². The number of nitrogens with two attached hydrogens (primary N) is 1. The number of aromatic nitrogens is 1. The van der Waals surface area contributed by atoms with Crippen LogP contribution in [0.15, 0.2) is 12.3 Å². The highest BCUT2D eigenvalue weighted by Gasteiger charge is 2.22. The molecule has 2 N–H and O–H groups in total. The quantitative estimate of drug-likeness (QED) is 0.902. The Kier molecular flexibility index (Phi) is 4.37. The zero-order chi connectivity index (χ0) is 13.1. The number of anilines is 1. The van der Waals surface area contributed by atoms with E-state index in [2.05, 4.69) is 16.8 Å². The van der Waals surface area contributed by atoms with E-state index in [-0.39, 0.29) is 5.82 Å². The Hall–Kier alpha value is -0.910. The molecule has 0 saturated carbocycles. The molecule has 100 valence electrons. The van der Waals surface area contributed by atoms with Gasteiger partial charge in [-0.15, -0.1) is 0 Å². The Morgan fingerprint density at radius 3 is 2.67 bits per heavy atom. The standard InChI is InChI=1S/C12H18ClFN4/c1-9(7-15)17-2-4-18(5-3-17)12-11(14)6-10(13)8-16-12/h6,8-9H,2-5,7,15H2,1H3.